The van der Waals surface area contributed by atoms with Crippen LogP contribution in [0.2, 0.25) is 0 Å². The fraction of sp³-hybridized carbons (Fsp3) is 0.778. The fourth-order valence-corrected chi connectivity index (χ4v) is 5.43. The molecule has 3 rings (SSSR count). The molecule has 148 valence electrons. The second-order valence-electron chi connectivity index (χ2n) is 7.04. The number of aromatic nitrogens is 1. The number of nitrogens with zero attached hydrogens (tertiary/aromatic N) is 3. The Labute approximate surface area is 183 Å². The number of aliphatic imine (C=N–C) groups is 1. The van der Waals surface area contributed by atoms with Gasteiger partial charge in [-0.2, -0.15) is 0 Å². The van der Waals surface area contributed by atoms with Crippen LogP contribution < -0.4 is 10.6 Å². The van der Waals surface area contributed by atoms with Gasteiger partial charge >= 0.3 is 0 Å². The number of rotatable bonds is 8. The summed E-state index contributed by atoms with van der Waals surface area (Å²) in [6, 6.07) is 0.539. The zero-order chi connectivity index (χ0) is 17.3. The van der Waals surface area contributed by atoms with Crippen molar-refractivity contribution >= 4 is 53.0 Å². The molecule has 0 aromatic carbocycles. The van der Waals surface area contributed by atoms with Gasteiger partial charge in [-0.1, -0.05) is 24.6 Å². The maximum absolute atomic E-state index is 4.39. The quantitative estimate of drug-likeness (QED) is 0.184. The molecule has 1 atom stereocenters. The minimum atomic E-state index is 0. The summed E-state index contributed by atoms with van der Waals surface area (Å²) in [6.45, 7) is 4.65. The van der Waals surface area contributed by atoms with Crippen LogP contribution in [-0.4, -0.2) is 60.9 Å². The summed E-state index contributed by atoms with van der Waals surface area (Å²) >= 11 is 3.55. The van der Waals surface area contributed by atoms with E-state index in [0.29, 0.717) is 6.04 Å². The molecule has 0 bridgehead atoms. The second kappa shape index (κ2) is 12.4. The largest absolute Gasteiger partial charge is 0.356 e. The first-order chi connectivity index (χ1) is 12.3. The number of hydrogen-bond acceptors (Lipinski definition) is 5. The van der Waals surface area contributed by atoms with Crippen LogP contribution in [0, 0.1) is 5.92 Å². The van der Waals surface area contributed by atoms with E-state index in [1.54, 1.807) is 11.3 Å². The van der Waals surface area contributed by atoms with Gasteiger partial charge in [0, 0.05) is 56.6 Å². The predicted octanol–water partition coefficient (Wildman–Crippen LogP) is 3.67. The number of guanidine groups is 1. The van der Waals surface area contributed by atoms with E-state index < -0.39 is 0 Å². The minimum Gasteiger partial charge on any atom is -0.356 e. The van der Waals surface area contributed by atoms with Gasteiger partial charge in [0.25, 0.3) is 0 Å². The van der Waals surface area contributed by atoms with E-state index >= 15 is 0 Å². The lowest BCUT2D eigenvalue weighted by atomic mass is 10.1. The third-order valence-corrected chi connectivity index (χ3v) is 7.13. The minimum absolute atomic E-state index is 0. The Bertz CT molecular complexity index is 520. The van der Waals surface area contributed by atoms with Gasteiger partial charge in [-0.25, -0.2) is 4.98 Å². The van der Waals surface area contributed by atoms with Gasteiger partial charge in [0.15, 0.2) is 5.96 Å². The number of halogens is 1. The molecule has 1 aromatic rings. The summed E-state index contributed by atoms with van der Waals surface area (Å²) in [7, 11) is 1.87. The Morgan fingerprint density at radius 3 is 2.96 bits per heavy atom. The molecule has 26 heavy (non-hydrogen) atoms. The number of nitrogens with one attached hydrogen (secondary N) is 2. The molecule has 1 saturated heterocycles. The average Bonchev–Trinajstić information content (AvgIpc) is 3.37. The van der Waals surface area contributed by atoms with Crippen LogP contribution in [-0.2, 0) is 0 Å². The predicted molar refractivity (Wildman–Crippen MR) is 124 cm³/mol. The highest BCUT2D eigenvalue weighted by molar-refractivity contribution is 14.0. The highest BCUT2D eigenvalue weighted by atomic mass is 127. The van der Waals surface area contributed by atoms with Gasteiger partial charge in [-0.3, -0.25) is 4.99 Å². The lowest BCUT2D eigenvalue weighted by Gasteiger charge is -2.21. The van der Waals surface area contributed by atoms with Crippen LogP contribution >= 0.6 is 47.1 Å². The van der Waals surface area contributed by atoms with Gasteiger partial charge in [-0.05, 0) is 31.6 Å². The van der Waals surface area contributed by atoms with Gasteiger partial charge in [-0.15, -0.1) is 35.3 Å². The zero-order valence-electron chi connectivity index (χ0n) is 15.7. The molecule has 8 heteroatoms. The van der Waals surface area contributed by atoms with Gasteiger partial charge < -0.3 is 15.5 Å². The van der Waals surface area contributed by atoms with Crippen LogP contribution in [0.5, 0.6) is 0 Å². The molecule has 1 saturated carbocycles. The smallest absolute Gasteiger partial charge is 0.191 e. The molecule has 1 aliphatic heterocycles. The van der Waals surface area contributed by atoms with Crippen molar-refractivity contribution in [3.8, 4) is 0 Å². The number of thiazole rings is 1. The molecule has 5 nitrogen and oxygen atoms in total. The number of thioether (sulfide) groups is 1. The van der Waals surface area contributed by atoms with Crippen LogP contribution in [0.1, 0.15) is 38.5 Å². The topological polar surface area (TPSA) is 52.6 Å². The summed E-state index contributed by atoms with van der Waals surface area (Å²) < 4.78 is 1.16. The normalized spacial score (nSPS) is 21.7. The molecule has 0 amide bonds. The molecule has 0 radical (unpaired) electrons. The first-order valence-corrected chi connectivity index (χ1v) is 11.4. The standard InChI is InChI=1S/C18H31N5S2.HI/c1-19-17(20-8-4-11-24-18-21-9-12-25-18)22-16-7-10-23(14-16)13-15-5-2-3-6-15;/h9,12,15-16H,2-8,10-11,13-14H2,1H3,(H2,19,20,22);1H. The maximum atomic E-state index is 4.39. The third-order valence-electron chi connectivity index (χ3n) is 5.08. The first kappa shape index (κ1) is 22.2. The zero-order valence-corrected chi connectivity index (χ0v) is 19.6. The Balaban J connectivity index is 0.00000243. The van der Waals surface area contributed by atoms with Gasteiger partial charge in [0.05, 0.1) is 0 Å². The Morgan fingerprint density at radius 2 is 2.23 bits per heavy atom. The van der Waals surface area contributed by atoms with Crippen LogP contribution in [0.4, 0.5) is 0 Å². The van der Waals surface area contributed by atoms with E-state index in [2.05, 4.69) is 25.5 Å². The van der Waals surface area contributed by atoms with Crippen LogP contribution in [0.25, 0.3) is 0 Å². The Kier molecular flexibility index (Phi) is 10.6. The molecule has 0 spiro atoms. The molecule has 2 aliphatic rings. The summed E-state index contributed by atoms with van der Waals surface area (Å²) in [5.74, 6) is 2.99. The molecule has 1 unspecified atom stereocenters. The molecular weight excluding hydrogens is 477 g/mol. The van der Waals surface area contributed by atoms with E-state index in [4.69, 9.17) is 0 Å². The van der Waals surface area contributed by atoms with E-state index in [0.717, 1.165) is 41.5 Å². The van der Waals surface area contributed by atoms with Crippen molar-refractivity contribution < 1.29 is 0 Å². The lowest BCUT2D eigenvalue weighted by molar-refractivity contribution is 0.275. The van der Waals surface area contributed by atoms with Crippen molar-refractivity contribution in [1.29, 1.82) is 0 Å². The van der Waals surface area contributed by atoms with E-state index in [9.17, 15) is 0 Å². The van der Waals surface area contributed by atoms with Crippen molar-refractivity contribution in [2.24, 2.45) is 10.9 Å². The van der Waals surface area contributed by atoms with Gasteiger partial charge in [0.1, 0.15) is 4.34 Å². The van der Waals surface area contributed by atoms with Gasteiger partial charge in [0.2, 0.25) is 0 Å². The molecule has 2 heterocycles. The molecule has 1 aliphatic carbocycles. The monoisotopic (exact) mass is 509 g/mol. The van der Waals surface area contributed by atoms with Crippen LogP contribution in [0.15, 0.2) is 20.9 Å². The fourth-order valence-electron chi connectivity index (χ4n) is 3.78. The highest BCUT2D eigenvalue weighted by Gasteiger charge is 2.26. The van der Waals surface area contributed by atoms with E-state index in [1.807, 2.05) is 30.4 Å². The van der Waals surface area contributed by atoms with Crippen molar-refractivity contribution in [3.05, 3.63) is 11.6 Å². The van der Waals surface area contributed by atoms with E-state index in [1.165, 1.54) is 45.2 Å². The molecule has 2 fully saturated rings. The number of hydrogen-bond donors (Lipinski definition) is 2. The molecule has 2 N–H and O–H groups in total. The maximum Gasteiger partial charge on any atom is 0.191 e. The van der Waals surface area contributed by atoms with Crippen molar-refractivity contribution in [1.82, 2.24) is 20.5 Å². The SMILES string of the molecule is CN=C(NCCCSc1nccs1)NC1CCN(CC2CCCC2)C1.I. The lowest BCUT2D eigenvalue weighted by Crippen LogP contribution is -2.45. The third kappa shape index (κ3) is 7.52. The van der Waals surface area contributed by atoms with Crippen molar-refractivity contribution in [2.75, 3.05) is 39.0 Å². The molecule has 1 aromatic heterocycles. The summed E-state index contributed by atoms with van der Waals surface area (Å²) in [5, 5.41) is 9.09. The first-order valence-electron chi connectivity index (χ1n) is 9.55. The molecular formula is C18H32IN5S2. The summed E-state index contributed by atoms with van der Waals surface area (Å²) in [5.41, 5.74) is 0. The highest BCUT2D eigenvalue weighted by Crippen LogP contribution is 2.26. The van der Waals surface area contributed by atoms with Crippen LogP contribution in [0.3, 0.4) is 0 Å². The summed E-state index contributed by atoms with van der Waals surface area (Å²) in [6.07, 6.45) is 9.98. The van der Waals surface area contributed by atoms with Crippen molar-refractivity contribution in [2.45, 2.75) is 48.9 Å². The summed E-state index contributed by atoms with van der Waals surface area (Å²) in [4.78, 5) is 11.3. The average molecular weight is 510 g/mol. The van der Waals surface area contributed by atoms with E-state index in [-0.39, 0.29) is 24.0 Å². The Morgan fingerprint density at radius 1 is 1.38 bits per heavy atom. The Hall–Kier alpha value is -0.0600. The van der Waals surface area contributed by atoms with Crippen molar-refractivity contribution in [3.63, 3.8) is 0 Å². The number of likely N-dealkylation sites (tertiary alicyclic amines) is 1. The second-order valence-corrected chi connectivity index (χ2v) is 9.28.